The first-order valence-electron chi connectivity index (χ1n) is 7.43. The largest absolute Gasteiger partial charge is 1.00 e. The first kappa shape index (κ1) is 19.0. The zero-order chi connectivity index (χ0) is 15.5. The molecular weight excluding hydrogens is 395 g/mol. The molecule has 5 nitrogen and oxygen atoms in total. The van der Waals surface area contributed by atoms with Crippen molar-refractivity contribution in [2.45, 2.75) is 45.3 Å². The number of ether oxygens (including phenoxy) is 2. The number of aryl methyl sites for hydroxylation is 1. The van der Waals surface area contributed by atoms with E-state index >= 15 is 0 Å². The summed E-state index contributed by atoms with van der Waals surface area (Å²) >= 11 is 0. The van der Waals surface area contributed by atoms with Crippen LogP contribution in [0.1, 0.15) is 33.6 Å². The Labute approximate surface area is 149 Å². The van der Waals surface area contributed by atoms with Gasteiger partial charge in [0.2, 0.25) is 0 Å². The summed E-state index contributed by atoms with van der Waals surface area (Å²) in [6.07, 6.45) is 5.59. The van der Waals surface area contributed by atoms with Crippen molar-refractivity contribution in [3.63, 3.8) is 0 Å². The fourth-order valence-electron chi connectivity index (χ4n) is 2.35. The molecule has 0 N–H and O–H groups in total. The molecule has 22 heavy (non-hydrogen) atoms. The highest BCUT2D eigenvalue weighted by Gasteiger charge is 2.32. The highest BCUT2D eigenvalue weighted by atomic mass is 127. The molecule has 6 heteroatoms. The van der Waals surface area contributed by atoms with Crippen LogP contribution in [0.3, 0.4) is 0 Å². The van der Waals surface area contributed by atoms with Crippen molar-refractivity contribution in [2.75, 3.05) is 13.2 Å². The molecule has 0 aliphatic carbocycles. The lowest BCUT2D eigenvalue weighted by molar-refractivity contribution is -0.671. The number of aromatic nitrogens is 1. The van der Waals surface area contributed by atoms with Crippen LogP contribution in [0.2, 0.25) is 0 Å². The average Bonchev–Trinajstić information content (AvgIpc) is 2.84. The van der Waals surface area contributed by atoms with Crippen LogP contribution in [-0.4, -0.2) is 35.8 Å². The number of hydrogen-bond acceptors (Lipinski definition) is 3. The lowest BCUT2D eigenvalue weighted by atomic mass is 10.2. The summed E-state index contributed by atoms with van der Waals surface area (Å²) < 4.78 is 13.2. The minimum Gasteiger partial charge on any atom is -1.00 e. The summed E-state index contributed by atoms with van der Waals surface area (Å²) in [5.74, 6) is 0.823. The Morgan fingerprint density at radius 3 is 2.59 bits per heavy atom. The third kappa shape index (κ3) is 5.62. The molecule has 1 aliphatic heterocycles. The van der Waals surface area contributed by atoms with Crippen molar-refractivity contribution in [2.24, 2.45) is 7.05 Å². The predicted molar refractivity (Wildman–Crippen MR) is 79.1 cm³/mol. The monoisotopic (exact) mass is 420 g/mol. The molecule has 1 amide bonds. The molecule has 0 bridgehead atoms. The highest BCUT2D eigenvalue weighted by Crippen LogP contribution is 2.21. The number of carbonyl (C=O) groups excluding carboxylic acids is 1. The van der Waals surface area contributed by atoms with E-state index in [-0.39, 0.29) is 36.1 Å². The smallest absolute Gasteiger partial charge is 0.410 e. The summed E-state index contributed by atoms with van der Waals surface area (Å²) in [5, 5.41) is 0. The summed E-state index contributed by atoms with van der Waals surface area (Å²) in [6, 6.07) is 3.94. The number of likely N-dealkylation sites (tertiary alicyclic amines) is 1. The molecule has 1 saturated heterocycles. The van der Waals surface area contributed by atoms with Crippen LogP contribution >= 0.6 is 0 Å². The van der Waals surface area contributed by atoms with Crippen molar-refractivity contribution >= 4 is 6.09 Å². The van der Waals surface area contributed by atoms with Gasteiger partial charge in [-0.15, -0.1) is 0 Å². The van der Waals surface area contributed by atoms with E-state index < -0.39 is 5.60 Å². The van der Waals surface area contributed by atoms with Gasteiger partial charge in [-0.3, -0.25) is 0 Å². The number of rotatable bonds is 3. The molecule has 1 atom stereocenters. The van der Waals surface area contributed by atoms with Gasteiger partial charge >= 0.3 is 6.09 Å². The van der Waals surface area contributed by atoms with E-state index in [0.29, 0.717) is 6.61 Å². The molecule has 0 unspecified atom stereocenters. The van der Waals surface area contributed by atoms with Crippen molar-refractivity contribution in [1.29, 1.82) is 0 Å². The molecule has 2 rings (SSSR count). The zero-order valence-electron chi connectivity index (χ0n) is 13.7. The number of pyridine rings is 1. The second-order valence-electron chi connectivity index (χ2n) is 6.48. The van der Waals surface area contributed by atoms with E-state index in [0.717, 1.165) is 25.1 Å². The lowest BCUT2D eigenvalue weighted by Gasteiger charge is -2.28. The SMILES string of the molecule is C[n+]1ccc(OC[C@@H]2CCCN2C(=O)OC(C)(C)C)cc1.[I-]. The van der Waals surface area contributed by atoms with Crippen molar-refractivity contribution in [3.8, 4) is 5.75 Å². The molecule has 124 valence electrons. The number of amides is 1. The first-order valence-corrected chi connectivity index (χ1v) is 7.43. The van der Waals surface area contributed by atoms with Gasteiger partial charge in [-0.1, -0.05) is 0 Å². The molecule has 1 aliphatic rings. The molecule has 0 radical (unpaired) electrons. The maximum atomic E-state index is 12.2. The van der Waals surface area contributed by atoms with Gasteiger partial charge in [-0.25, -0.2) is 9.36 Å². The normalized spacial score (nSPS) is 17.8. The van der Waals surface area contributed by atoms with Crippen molar-refractivity contribution < 1.29 is 42.8 Å². The highest BCUT2D eigenvalue weighted by molar-refractivity contribution is 5.69. The molecule has 0 saturated carbocycles. The van der Waals surface area contributed by atoms with Crippen molar-refractivity contribution in [1.82, 2.24) is 4.90 Å². The molecule has 2 heterocycles. The number of halogens is 1. The van der Waals surface area contributed by atoms with Gasteiger partial charge in [0.25, 0.3) is 0 Å². The van der Waals surface area contributed by atoms with Crippen LogP contribution in [0.15, 0.2) is 24.5 Å². The van der Waals surface area contributed by atoms with Gasteiger partial charge in [0, 0.05) is 18.7 Å². The zero-order valence-corrected chi connectivity index (χ0v) is 15.9. The number of nitrogens with zero attached hydrogens (tertiary/aromatic N) is 2. The van der Waals surface area contributed by atoms with E-state index in [1.807, 2.05) is 56.9 Å². The first-order chi connectivity index (χ1) is 9.85. The van der Waals surface area contributed by atoms with Gasteiger partial charge in [-0.05, 0) is 33.6 Å². The summed E-state index contributed by atoms with van der Waals surface area (Å²) in [5.41, 5.74) is -0.459. The van der Waals surface area contributed by atoms with Gasteiger partial charge in [0.1, 0.15) is 25.0 Å². The minimum absolute atomic E-state index is 0. The lowest BCUT2D eigenvalue weighted by Crippen LogP contribution is -3.00. The Bertz CT molecular complexity index is 485. The summed E-state index contributed by atoms with van der Waals surface area (Å²) in [6.45, 7) is 6.91. The molecule has 0 aromatic carbocycles. The molecule has 1 aromatic heterocycles. The summed E-state index contributed by atoms with van der Waals surface area (Å²) in [4.78, 5) is 14.0. The van der Waals surface area contributed by atoms with Crippen LogP contribution in [-0.2, 0) is 11.8 Å². The minimum atomic E-state index is -0.459. The second-order valence-corrected chi connectivity index (χ2v) is 6.48. The van der Waals surface area contributed by atoms with Crippen LogP contribution < -0.4 is 33.3 Å². The Balaban J connectivity index is 0.00000242. The third-order valence-electron chi connectivity index (χ3n) is 3.40. The predicted octanol–water partition coefficient (Wildman–Crippen LogP) is -0.707. The Morgan fingerprint density at radius 1 is 1.36 bits per heavy atom. The topological polar surface area (TPSA) is 42.7 Å². The van der Waals surface area contributed by atoms with E-state index in [2.05, 4.69) is 0 Å². The molecule has 1 aromatic rings. The van der Waals surface area contributed by atoms with Crippen LogP contribution in [0.4, 0.5) is 4.79 Å². The quantitative estimate of drug-likeness (QED) is 0.480. The molecular formula is C16H25IN2O3. The van der Waals surface area contributed by atoms with Gasteiger partial charge in [0.15, 0.2) is 12.4 Å². The maximum Gasteiger partial charge on any atom is 0.410 e. The van der Waals surface area contributed by atoms with Crippen LogP contribution in [0, 0.1) is 0 Å². The molecule has 1 fully saturated rings. The van der Waals surface area contributed by atoms with E-state index in [9.17, 15) is 4.79 Å². The Kier molecular flexibility index (Phi) is 6.90. The molecule has 0 spiro atoms. The van der Waals surface area contributed by atoms with Crippen LogP contribution in [0.5, 0.6) is 5.75 Å². The van der Waals surface area contributed by atoms with Crippen LogP contribution in [0.25, 0.3) is 0 Å². The average molecular weight is 420 g/mol. The Hall–Kier alpha value is -1.05. The van der Waals surface area contributed by atoms with Crippen molar-refractivity contribution in [3.05, 3.63) is 24.5 Å². The third-order valence-corrected chi connectivity index (χ3v) is 3.40. The van der Waals surface area contributed by atoms with E-state index in [1.54, 1.807) is 4.90 Å². The van der Waals surface area contributed by atoms with E-state index in [1.165, 1.54) is 0 Å². The fraction of sp³-hybridized carbons (Fsp3) is 0.625. The summed E-state index contributed by atoms with van der Waals surface area (Å²) in [7, 11) is 1.96. The van der Waals surface area contributed by atoms with Gasteiger partial charge in [-0.2, -0.15) is 0 Å². The maximum absolute atomic E-state index is 12.2. The van der Waals surface area contributed by atoms with Gasteiger partial charge < -0.3 is 38.4 Å². The number of carbonyl (C=O) groups is 1. The number of hydrogen-bond donors (Lipinski definition) is 0. The standard InChI is InChI=1S/C16H25N2O3.HI/c1-16(2,3)21-15(19)18-9-5-6-13(18)12-20-14-7-10-17(4)11-8-14;/h7-8,10-11,13H,5-6,9,12H2,1-4H3;1H/q+1;/p-1/t13-;/m0./s1. The Morgan fingerprint density at radius 2 is 2.00 bits per heavy atom. The fourth-order valence-corrected chi connectivity index (χ4v) is 2.35. The van der Waals surface area contributed by atoms with Gasteiger partial charge in [0.05, 0.1) is 6.04 Å². The van der Waals surface area contributed by atoms with E-state index in [4.69, 9.17) is 9.47 Å². The second kappa shape index (κ2) is 7.99.